The third-order valence-corrected chi connectivity index (χ3v) is 6.24. The zero-order valence-corrected chi connectivity index (χ0v) is 16.5. The van der Waals surface area contributed by atoms with E-state index in [1.54, 1.807) is 23.9 Å². The number of aromatic nitrogens is 3. The molecule has 0 saturated carbocycles. The quantitative estimate of drug-likeness (QED) is 0.636. The predicted octanol–water partition coefficient (Wildman–Crippen LogP) is 4.15. The first-order chi connectivity index (χ1) is 14.2. The van der Waals surface area contributed by atoms with E-state index in [9.17, 15) is 9.90 Å². The summed E-state index contributed by atoms with van der Waals surface area (Å²) in [6, 6.07) is 16.9. The number of allylic oxidation sites excluding steroid dienone is 2. The van der Waals surface area contributed by atoms with Gasteiger partial charge < -0.3 is 10.4 Å². The first-order valence-electron chi connectivity index (χ1n) is 9.61. The summed E-state index contributed by atoms with van der Waals surface area (Å²) in [6.07, 6.45) is 3.36. The number of phenols is 1. The maximum absolute atomic E-state index is 12.8. The van der Waals surface area contributed by atoms with Gasteiger partial charge in [0.15, 0.2) is 0 Å². The fourth-order valence-corrected chi connectivity index (χ4v) is 4.73. The second-order valence-corrected chi connectivity index (χ2v) is 8.18. The Hall–Kier alpha value is -3.06. The molecule has 2 aromatic carbocycles. The Morgan fingerprint density at radius 1 is 1.14 bits per heavy atom. The fraction of sp³-hybridized carbons (Fsp3) is 0.227. The molecule has 0 spiro atoms. The second-order valence-electron chi connectivity index (χ2n) is 7.24. The van der Waals surface area contributed by atoms with Crippen molar-refractivity contribution in [2.75, 3.05) is 5.32 Å². The summed E-state index contributed by atoms with van der Waals surface area (Å²) < 4.78 is 1.82. The van der Waals surface area contributed by atoms with Gasteiger partial charge in [-0.05, 0) is 29.7 Å². The standard InChI is InChI=1S/C22H20N4O2S/c27-16-11-9-15(10-12-16)20-19-17(7-4-8-18(19)28)23-21-24-22(25-26(20)21)29-13-14-5-2-1-3-6-14/h1-3,5-7,9-12,19-20,27H,4,8,13H2,(H,23,24,25)/t19-,20-/m1/s1. The number of nitrogens with one attached hydrogen (secondary N) is 1. The van der Waals surface area contributed by atoms with E-state index in [1.807, 2.05) is 35.0 Å². The van der Waals surface area contributed by atoms with E-state index in [-0.39, 0.29) is 23.5 Å². The predicted molar refractivity (Wildman–Crippen MR) is 112 cm³/mol. The fourth-order valence-electron chi connectivity index (χ4n) is 3.94. The van der Waals surface area contributed by atoms with Crippen molar-refractivity contribution >= 4 is 23.5 Å². The van der Waals surface area contributed by atoms with Gasteiger partial charge in [-0.25, -0.2) is 4.68 Å². The van der Waals surface area contributed by atoms with Gasteiger partial charge in [-0.3, -0.25) is 4.79 Å². The summed E-state index contributed by atoms with van der Waals surface area (Å²) in [6.45, 7) is 0. The van der Waals surface area contributed by atoms with Crippen LogP contribution in [0.1, 0.15) is 30.0 Å². The summed E-state index contributed by atoms with van der Waals surface area (Å²) in [5.74, 6) is 1.52. The number of hydrogen-bond donors (Lipinski definition) is 2. The molecular formula is C22H20N4O2S. The van der Waals surface area contributed by atoms with Crippen LogP contribution in [0.3, 0.4) is 0 Å². The van der Waals surface area contributed by atoms with Crippen molar-refractivity contribution in [2.24, 2.45) is 5.92 Å². The molecule has 1 aliphatic carbocycles. The largest absolute Gasteiger partial charge is 0.508 e. The highest BCUT2D eigenvalue weighted by molar-refractivity contribution is 7.98. The molecule has 0 radical (unpaired) electrons. The van der Waals surface area contributed by atoms with Crippen molar-refractivity contribution in [3.05, 3.63) is 77.5 Å². The zero-order valence-electron chi connectivity index (χ0n) is 15.7. The Labute approximate surface area is 172 Å². The van der Waals surface area contributed by atoms with Crippen LogP contribution < -0.4 is 5.32 Å². The van der Waals surface area contributed by atoms with Gasteiger partial charge in [-0.15, -0.1) is 5.10 Å². The molecule has 0 bridgehead atoms. The van der Waals surface area contributed by atoms with Crippen LogP contribution in [-0.4, -0.2) is 25.7 Å². The molecule has 6 nitrogen and oxygen atoms in total. The number of fused-ring (bicyclic) bond motifs is 2. The lowest BCUT2D eigenvalue weighted by Crippen LogP contribution is -2.38. The van der Waals surface area contributed by atoms with Crippen molar-refractivity contribution in [1.82, 2.24) is 14.8 Å². The van der Waals surface area contributed by atoms with Crippen LogP contribution in [0, 0.1) is 5.92 Å². The molecule has 1 aliphatic heterocycles. The molecule has 0 saturated heterocycles. The second kappa shape index (κ2) is 7.40. The van der Waals surface area contributed by atoms with E-state index >= 15 is 0 Å². The molecule has 0 amide bonds. The Kier molecular flexibility index (Phi) is 4.60. The Morgan fingerprint density at radius 2 is 1.93 bits per heavy atom. The first-order valence-corrected chi connectivity index (χ1v) is 10.6. The van der Waals surface area contributed by atoms with Crippen LogP contribution in [0.5, 0.6) is 5.75 Å². The summed E-state index contributed by atoms with van der Waals surface area (Å²) >= 11 is 1.57. The molecule has 2 atom stereocenters. The van der Waals surface area contributed by atoms with Crippen molar-refractivity contribution in [3.63, 3.8) is 0 Å². The van der Waals surface area contributed by atoms with Gasteiger partial charge in [-0.2, -0.15) is 4.98 Å². The first kappa shape index (κ1) is 18.0. The maximum atomic E-state index is 12.8. The summed E-state index contributed by atoms with van der Waals surface area (Å²) in [5.41, 5.74) is 3.04. The number of phenolic OH excluding ortho intramolecular Hbond substituents is 1. The van der Waals surface area contributed by atoms with Gasteiger partial charge in [0.1, 0.15) is 11.5 Å². The van der Waals surface area contributed by atoms with E-state index in [1.165, 1.54) is 5.56 Å². The van der Waals surface area contributed by atoms with Gasteiger partial charge in [-0.1, -0.05) is 60.3 Å². The van der Waals surface area contributed by atoms with Gasteiger partial charge in [0, 0.05) is 17.9 Å². The van der Waals surface area contributed by atoms with Crippen LogP contribution in [0.25, 0.3) is 0 Å². The van der Waals surface area contributed by atoms with Gasteiger partial charge >= 0.3 is 0 Å². The normalized spacial score (nSPS) is 20.4. The van der Waals surface area contributed by atoms with Crippen molar-refractivity contribution in [1.29, 1.82) is 0 Å². The molecule has 29 heavy (non-hydrogen) atoms. The topological polar surface area (TPSA) is 80.0 Å². The lowest BCUT2D eigenvalue weighted by Gasteiger charge is -2.36. The summed E-state index contributed by atoms with van der Waals surface area (Å²) in [4.78, 5) is 17.5. The molecular weight excluding hydrogens is 384 g/mol. The highest BCUT2D eigenvalue weighted by Crippen LogP contribution is 2.42. The Bertz CT molecular complexity index is 1080. The monoisotopic (exact) mass is 404 g/mol. The average molecular weight is 404 g/mol. The maximum Gasteiger partial charge on any atom is 0.227 e. The number of carbonyl (C=O) groups excluding carboxylic acids is 1. The van der Waals surface area contributed by atoms with Crippen molar-refractivity contribution < 1.29 is 9.90 Å². The molecule has 1 aromatic heterocycles. The van der Waals surface area contributed by atoms with E-state index in [0.29, 0.717) is 17.5 Å². The average Bonchev–Trinajstić information content (AvgIpc) is 3.15. The Balaban J connectivity index is 1.52. The number of aromatic hydroxyl groups is 1. The lowest BCUT2D eigenvalue weighted by atomic mass is 9.81. The van der Waals surface area contributed by atoms with Crippen molar-refractivity contribution in [3.8, 4) is 5.75 Å². The molecule has 5 rings (SSSR count). The number of rotatable bonds is 4. The Morgan fingerprint density at radius 3 is 2.72 bits per heavy atom. The molecule has 7 heteroatoms. The SMILES string of the molecule is O=C1CCC=C2Nc3nc(SCc4ccccc4)nn3[C@H](c3ccc(O)cc3)[C@@H]12. The van der Waals surface area contributed by atoms with Crippen LogP contribution >= 0.6 is 11.8 Å². The van der Waals surface area contributed by atoms with Crippen LogP contribution in [0.2, 0.25) is 0 Å². The molecule has 0 fully saturated rings. The minimum atomic E-state index is -0.311. The number of Topliss-reactive ketones (excluding diaryl/α,β-unsaturated/α-hetero) is 1. The zero-order chi connectivity index (χ0) is 19.8. The number of thioether (sulfide) groups is 1. The molecule has 2 N–H and O–H groups in total. The summed E-state index contributed by atoms with van der Waals surface area (Å²) in [7, 11) is 0. The van der Waals surface area contributed by atoms with Crippen LogP contribution in [-0.2, 0) is 10.5 Å². The number of hydrogen-bond acceptors (Lipinski definition) is 6. The number of benzene rings is 2. The van der Waals surface area contributed by atoms with Gasteiger partial charge in [0.2, 0.25) is 11.1 Å². The lowest BCUT2D eigenvalue weighted by molar-refractivity contribution is -0.123. The van der Waals surface area contributed by atoms with Gasteiger partial charge in [0.25, 0.3) is 0 Å². The summed E-state index contributed by atoms with van der Waals surface area (Å²) in [5, 5.41) is 18.4. The van der Waals surface area contributed by atoms with E-state index in [4.69, 9.17) is 5.10 Å². The van der Waals surface area contributed by atoms with Crippen molar-refractivity contribution in [2.45, 2.75) is 29.8 Å². The van der Waals surface area contributed by atoms with E-state index in [2.05, 4.69) is 28.5 Å². The minimum Gasteiger partial charge on any atom is -0.508 e. The molecule has 2 aliphatic rings. The van der Waals surface area contributed by atoms with Crippen LogP contribution in [0.4, 0.5) is 5.95 Å². The van der Waals surface area contributed by atoms with E-state index < -0.39 is 0 Å². The minimum absolute atomic E-state index is 0.200. The van der Waals surface area contributed by atoms with Gasteiger partial charge in [0.05, 0.1) is 12.0 Å². The molecule has 2 heterocycles. The number of ketones is 1. The van der Waals surface area contributed by atoms with E-state index in [0.717, 1.165) is 23.4 Å². The number of carbonyl (C=O) groups is 1. The third kappa shape index (κ3) is 3.42. The number of anilines is 1. The highest BCUT2D eigenvalue weighted by Gasteiger charge is 2.41. The third-order valence-electron chi connectivity index (χ3n) is 5.33. The smallest absolute Gasteiger partial charge is 0.227 e. The molecule has 3 aromatic rings. The number of nitrogens with zero attached hydrogens (tertiary/aromatic N) is 3. The van der Waals surface area contributed by atoms with Crippen LogP contribution in [0.15, 0.2) is 71.5 Å². The molecule has 0 unspecified atom stereocenters. The molecule has 146 valence electrons. The highest BCUT2D eigenvalue weighted by atomic mass is 32.2.